The highest BCUT2D eigenvalue weighted by molar-refractivity contribution is 7.99. The van der Waals surface area contributed by atoms with Crippen LogP contribution in [0.3, 0.4) is 0 Å². The number of aliphatic hydroxyl groups is 2. The molecule has 0 aromatic carbocycles. The van der Waals surface area contributed by atoms with E-state index < -0.39 is 29.0 Å². The first-order valence-corrected chi connectivity index (χ1v) is 17.7. The van der Waals surface area contributed by atoms with E-state index in [1.165, 1.54) is 6.07 Å². The molecule has 5 N–H and O–H groups in total. The number of nitrogens with zero attached hydrogens (tertiary/aromatic N) is 3. The minimum Gasteiger partial charge on any atom is -0.461 e. The van der Waals surface area contributed by atoms with Crippen LogP contribution in [0.2, 0.25) is 0 Å². The molecule has 1 aliphatic heterocycles. The van der Waals surface area contributed by atoms with E-state index in [0.29, 0.717) is 19.4 Å². The summed E-state index contributed by atoms with van der Waals surface area (Å²) in [6, 6.07) is 1.47. The van der Waals surface area contributed by atoms with Gasteiger partial charge in [-0.3, -0.25) is 19.3 Å². The molecule has 9 atom stereocenters. The standard InChI is InChI=1S/C34H51N5O6S/c1-6-32(4)15-24(33(5)20(2)9-11-34(21(3)30(32)44)12-10-23(41)29(33)34)45-28(43)19-46-31-36-25(35)14-26(38-31)37-27(42)17-39-13-7-8-22(16-39)18-40/h6,14,20-22,24,29-30,40,44H,1,7-13,15-19H2,2-5H3,(H3,35,36,37,38,42)/t20-,21+,22-,24-,29+,30+,32-,33+,34+/m1/s1. The van der Waals surface area contributed by atoms with Crippen molar-refractivity contribution in [1.82, 2.24) is 14.9 Å². The quantitative estimate of drug-likeness (QED) is 0.132. The molecule has 5 rings (SSSR count). The average Bonchev–Trinajstić information content (AvgIpc) is 3.38. The van der Waals surface area contributed by atoms with Crippen LogP contribution in [0.1, 0.15) is 72.6 Å². The number of hydrogen-bond donors (Lipinski definition) is 4. The Balaban J connectivity index is 1.29. The van der Waals surface area contributed by atoms with Gasteiger partial charge in [0.1, 0.15) is 23.5 Å². The summed E-state index contributed by atoms with van der Waals surface area (Å²) in [4.78, 5) is 50.6. The van der Waals surface area contributed by atoms with Crippen LogP contribution in [0.5, 0.6) is 0 Å². The van der Waals surface area contributed by atoms with Crippen LogP contribution in [0.25, 0.3) is 0 Å². The van der Waals surface area contributed by atoms with E-state index in [4.69, 9.17) is 10.5 Å². The molecule has 254 valence electrons. The summed E-state index contributed by atoms with van der Waals surface area (Å²) >= 11 is 1.07. The fourth-order valence-electron chi connectivity index (χ4n) is 9.22. The minimum atomic E-state index is -0.729. The fourth-order valence-corrected chi connectivity index (χ4v) is 9.87. The van der Waals surface area contributed by atoms with Gasteiger partial charge in [-0.25, -0.2) is 9.97 Å². The molecule has 2 heterocycles. The van der Waals surface area contributed by atoms with Crippen LogP contribution >= 0.6 is 11.8 Å². The van der Waals surface area contributed by atoms with Crippen LogP contribution in [-0.4, -0.2) is 86.9 Å². The number of nitrogen functional groups attached to an aromatic ring is 1. The lowest BCUT2D eigenvalue weighted by molar-refractivity contribution is -0.205. The van der Waals surface area contributed by atoms with E-state index in [9.17, 15) is 24.6 Å². The van der Waals surface area contributed by atoms with Gasteiger partial charge in [-0.1, -0.05) is 45.5 Å². The normalized spacial score (nSPS) is 37.9. The van der Waals surface area contributed by atoms with Gasteiger partial charge in [0, 0.05) is 42.4 Å². The van der Waals surface area contributed by atoms with Crippen molar-refractivity contribution in [3.8, 4) is 0 Å². The van der Waals surface area contributed by atoms with Crippen LogP contribution in [0, 0.1) is 39.9 Å². The van der Waals surface area contributed by atoms with Crippen molar-refractivity contribution in [3.63, 3.8) is 0 Å². The first-order valence-electron chi connectivity index (χ1n) is 16.7. The molecule has 1 amide bonds. The second kappa shape index (κ2) is 13.5. The zero-order valence-electron chi connectivity index (χ0n) is 27.7. The molecule has 3 aliphatic carbocycles. The maximum absolute atomic E-state index is 13.6. The molecule has 11 nitrogen and oxygen atoms in total. The van der Waals surface area contributed by atoms with Gasteiger partial charge < -0.3 is 26.0 Å². The van der Waals surface area contributed by atoms with E-state index >= 15 is 0 Å². The van der Waals surface area contributed by atoms with Gasteiger partial charge in [-0.2, -0.15) is 0 Å². The largest absolute Gasteiger partial charge is 0.461 e. The minimum absolute atomic E-state index is 0.0956. The van der Waals surface area contributed by atoms with E-state index in [2.05, 4.69) is 42.6 Å². The Hall–Kier alpha value is -2.54. The number of likely N-dealkylation sites (tertiary alicyclic amines) is 1. The monoisotopic (exact) mass is 657 g/mol. The van der Waals surface area contributed by atoms with Gasteiger partial charge >= 0.3 is 5.97 Å². The molecular weight excluding hydrogens is 606 g/mol. The van der Waals surface area contributed by atoms with Crippen LogP contribution in [0.4, 0.5) is 11.6 Å². The Kier molecular flexibility index (Phi) is 10.2. The van der Waals surface area contributed by atoms with Crippen LogP contribution in [-0.2, 0) is 19.1 Å². The van der Waals surface area contributed by atoms with E-state index in [-0.39, 0.29) is 76.5 Å². The van der Waals surface area contributed by atoms with Gasteiger partial charge in [0.25, 0.3) is 0 Å². The van der Waals surface area contributed by atoms with Crippen molar-refractivity contribution in [2.75, 3.05) is 43.0 Å². The van der Waals surface area contributed by atoms with Crippen molar-refractivity contribution in [2.45, 2.75) is 90.0 Å². The zero-order chi connectivity index (χ0) is 33.4. The highest BCUT2D eigenvalue weighted by Gasteiger charge is 2.68. The Morgan fingerprint density at radius 1 is 1.26 bits per heavy atom. The number of esters is 1. The van der Waals surface area contributed by atoms with E-state index in [1.807, 2.05) is 11.8 Å². The number of ketones is 1. The summed E-state index contributed by atoms with van der Waals surface area (Å²) in [5.74, 6) is -0.288. The van der Waals surface area contributed by atoms with Crippen molar-refractivity contribution in [3.05, 3.63) is 18.7 Å². The number of thioether (sulfide) groups is 1. The number of anilines is 2. The fraction of sp³-hybridized carbons (Fsp3) is 0.735. The average molecular weight is 658 g/mol. The van der Waals surface area contributed by atoms with Gasteiger partial charge in [0.05, 0.1) is 18.4 Å². The third-order valence-corrected chi connectivity index (χ3v) is 12.9. The highest BCUT2D eigenvalue weighted by Crippen LogP contribution is 2.68. The van der Waals surface area contributed by atoms with Gasteiger partial charge in [0.15, 0.2) is 5.16 Å². The topological polar surface area (TPSA) is 168 Å². The second-order valence-electron chi connectivity index (χ2n) is 14.8. The summed E-state index contributed by atoms with van der Waals surface area (Å²) < 4.78 is 6.32. The molecule has 0 spiro atoms. The molecule has 0 unspecified atom stereocenters. The number of aliphatic hydroxyl groups excluding tert-OH is 2. The molecule has 46 heavy (non-hydrogen) atoms. The molecule has 4 fully saturated rings. The number of nitrogens with two attached hydrogens (primary N) is 1. The van der Waals surface area contributed by atoms with E-state index in [0.717, 1.165) is 50.4 Å². The number of piperidine rings is 1. The van der Waals surface area contributed by atoms with Crippen molar-refractivity contribution in [1.29, 1.82) is 0 Å². The highest BCUT2D eigenvalue weighted by atomic mass is 32.2. The maximum Gasteiger partial charge on any atom is 0.316 e. The number of nitrogens with one attached hydrogen (secondary N) is 1. The first kappa shape index (κ1) is 34.8. The zero-order valence-corrected chi connectivity index (χ0v) is 28.5. The lowest BCUT2D eigenvalue weighted by Crippen LogP contribution is -2.63. The number of aromatic nitrogens is 2. The summed E-state index contributed by atoms with van der Waals surface area (Å²) in [5, 5.41) is 24.2. The third-order valence-electron chi connectivity index (χ3n) is 12.1. The Morgan fingerprint density at radius 3 is 2.74 bits per heavy atom. The van der Waals surface area contributed by atoms with Crippen molar-refractivity contribution >= 4 is 41.1 Å². The van der Waals surface area contributed by atoms with Crippen molar-refractivity contribution < 1.29 is 29.3 Å². The molecule has 2 bridgehead atoms. The Labute approximate surface area is 276 Å². The lowest BCUT2D eigenvalue weighted by Gasteiger charge is -2.61. The molecule has 4 aliphatic rings. The molecule has 12 heteroatoms. The smallest absolute Gasteiger partial charge is 0.316 e. The first-order chi connectivity index (χ1) is 21.8. The van der Waals surface area contributed by atoms with Crippen LogP contribution < -0.4 is 11.1 Å². The molecule has 3 saturated carbocycles. The molecule has 1 aromatic rings. The Morgan fingerprint density at radius 2 is 2.02 bits per heavy atom. The number of ether oxygens (including phenoxy) is 1. The number of rotatable bonds is 9. The van der Waals surface area contributed by atoms with Crippen molar-refractivity contribution in [2.24, 2.45) is 39.9 Å². The summed E-state index contributed by atoms with van der Waals surface area (Å²) in [7, 11) is 0. The number of hydrogen-bond acceptors (Lipinski definition) is 11. The number of carbonyl (C=O) groups excluding carboxylic acids is 3. The van der Waals surface area contributed by atoms with E-state index in [1.54, 1.807) is 6.08 Å². The summed E-state index contributed by atoms with van der Waals surface area (Å²) in [5.41, 5.74) is 4.38. The third kappa shape index (κ3) is 6.47. The number of Topliss-reactive ketones (excluding diaryl/α,β-unsaturated/α-hetero) is 1. The number of carbonyl (C=O) groups is 3. The predicted molar refractivity (Wildman–Crippen MR) is 177 cm³/mol. The van der Waals surface area contributed by atoms with Gasteiger partial charge in [-0.15, -0.1) is 6.58 Å². The molecular formula is C34H51N5O6S. The van der Waals surface area contributed by atoms with Crippen LogP contribution in [0.15, 0.2) is 23.9 Å². The van der Waals surface area contributed by atoms with Gasteiger partial charge in [-0.05, 0) is 68.2 Å². The maximum atomic E-state index is 13.6. The lowest BCUT2D eigenvalue weighted by atomic mass is 9.44. The molecule has 0 radical (unpaired) electrons. The SMILES string of the molecule is C=C[C@]1(C)C[C@@H](OC(=O)CSc2nc(N)cc(NC(=O)CN3CCC[C@@H](CO)C3)n2)[C@]2(C)[C@H](C)CC[C@]3(CCC(=O)[C@H]32)[C@@H](C)[C@@H]1O. The molecule has 1 aromatic heterocycles. The van der Waals surface area contributed by atoms with Gasteiger partial charge in [0.2, 0.25) is 5.91 Å². The predicted octanol–water partition coefficient (Wildman–Crippen LogP) is 3.70. The summed E-state index contributed by atoms with van der Waals surface area (Å²) in [6.45, 7) is 14.1. The Bertz CT molecular complexity index is 1350. The number of amides is 1. The summed E-state index contributed by atoms with van der Waals surface area (Å²) in [6.07, 6.45) is 5.69. The molecule has 1 saturated heterocycles. The second-order valence-corrected chi connectivity index (χ2v) is 15.7.